The molecule has 84 valence electrons. The first-order valence-corrected chi connectivity index (χ1v) is 5.40. The highest BCUT2D eigenvalue weighted by Crippen LogP contribution is 2.04. The van der Waals surface area contributed by atoms with Crippen LogP contribution in [-0.4, -0.2) is 11.9 Å². The Labute approximate surface area is 97.1 Å². The summed E-state index contributed by atoms with van der Waals surface area (Å²) in [6.45, 7) is 3.94. The van der Waals surface area contributed by atoms with Crippen molar-refractivity contribution in [3.05, 3.63) is 35.4 Å². The van der Waals surface area contributed by atoms with Crippen molar-refractivity contribution in [3.8, 4) is 12.3 Å². The van der Waals surface area contributed by atoms with Crippen LogP contribution in [0.3, 0.4) is 0 Å². The van der Waals surface area contributed by atoms with E-state index in [-0.39, 0.29) is 11.9 Å². The van der Waals surface area contributed by atoms with Crippen molar-refractivity contribution in [3.63, 3.8) is 0 Å². The molecule has 0 fully saturated rings. The minimum Gasteiger partial charge on any atom is -0.352 e. The van der Waals surface area contributed by atoms with E-state index in [1.807, 2.05) is 38.1 Å². The lowest BCUT2D eigenvalue weighted by Gasteiger charge is -2.10. The molecule has 1 atom stereocenters. The summed E-state index contributed by atoms with van der Waals surface area (Å²) in [7, 11) is 0. The first kappa shape index (κ1) is 12.3. The van der Waals surface area contributed by atoms with Gasteiger partial charge in [-0.05, 0) is 19.4 Å². The Bertz CT molecular complexity index is 386. The van der Waals surface area contributed by atoms with Crippen molar-refractivity contribution in [2.24, 2.45) is 0 Å². The van der Waals surface area contributed by atoms with Gasteiger partial charge in [0.2, 0.25) is 5.91 Å². The molecule has 1 rings (SSSR count). The summed E-state index contributed by atoms with van der Waals surface area (Å²) < 4.78 is 0. The zero-order valence-electron chi connectivity index (χ0n) is 9.79. The summed E-state index contributed by atoms with van der Waals surface area (Å²) in [6, 6.07) is 8.01. The van der Waals surface area contributed by atoms with Crippen LogP contribution in [0.1, 0.15) is 24.5 Å². The SMILES string of the molecule is C#CCC(C)NC(=O)Cc1ccc(C)cc1. The highest BCUT2D eigenvalue weighted by molar-refractivity contribution is 5.78. The average molecular weight is 215 g/mol. The smallest absolute Gasteiger partial charge is 0.224 e. The number of nitrogens with one attached hydrogen (secondary N) is 1. The molecule has 0 aliphatic carbocycles. The number of hydrogen-bond donors (Lipinski definition) is 1. The van der Waals surface area contributed by atoms with E-state index in [0.717, 1.165) is 5.56 Å². The van der Waals surface area contributed by atoms with Gasteiger partial charge in [0, 0.05) is 12.5 Å². The molecule has 0 aliphatic heterocycles. The standard InChI is InChI=1S/C14H17NO/c1-4-5-12(3)15-14(16)10-13-8-6-11(2)7-9-13/h1,6-9,12H,5,10H2,2-3H3,(H,15,16). The Morgan fingerprint density at radius 3 is 2.62 bits per heavy atom. The monoisotopic (exact) mass is 215 g/mol. The van der Waals surface area contributed by atoms with Gasteiger partial charge in [-0.2, -0.15) is 0 Å². The van der Waals surface area contributed by atoms with Crippen molar-refractivity contribution >= 4 is 5.91 Å². The van der Waals surface area contributed by atoms with E-state index in [9.17, 15) is 4.79 Å². The Morgan fingerprint density at radius 2 is 2.06 bits per heavy atom. The summed E-state index contributed by atoms with van der Waals surface area (Å²) in [6.07, 6.45) is 6.15. The minimum atomic E-state index is 0.0200. The number of terminal acetylenes is 1. The van der Waals surface area contributed by atoms with Gasteiger partial charge in [-0.25, -0.2) is 0 Å². The van der Waals surface area contributed by atoms with E-state index in [1.165, 1.54) is 5.56 Å². The molecule has 1 aromatic carbocycles. The maximum absolute atomic E-state index is 11.6. The maximum atomic E-state index is 11.6. The lowest BCUT2D eigenvalue weighted by molar-refractivity contribution is -0.121. The quantitative estimate of drug-likeness (QED) is 0.765. The number of amides is 1. The van der Waals surface area contributed by atoms with Crippen LogP contribution in [-0.2, 0) is 11.2 Å². The van der Waals surface area contributed by atoms with Gasteiger partial charge in [0.05, 0.1) is 6.42 Å². The third-order valence-electron chi connectivity index (χ3n) is 2.32. The molecular weight excluding hydrogens is 198 g/mol. The first-order chi connectivity index (χ1) is 7.61. The molecular formula is C14H17NO. The van der Waals surface area contributed by atoms with Gasteiger partial charge in [0.15, 0.2) is 0 Å². The number of rotatable bonds is 4. The number of aryl methyl sites for hydroxylation is 1. The van der Waals surface area contributed by atoms with Crippen molar-refractivity contribution in [1.29, 1.82) is 0 Å². The number of carbonyl (C=O) groups excluding carboxylic acids is 1. The van der Waals surface area contributed by atoms with Gasteiger partial charge in [0.1, 0.15) is 0 Å². The molecule has 1 amide bonds. The van der Waals surface area contributed by atoms with Gasteiger partial charge >= 0.3 is 0 Å². The van der Waals surface area contributed by atoms with E-state index < -0.39 is 0 Å². The first-order valence-electron chi connectivity index (χ1n) is 5.40. The van der Waals surface area contributed by atoms with E-state index in [4.69, 9.17) is 6.42 Å². The van der Waals surface area contributed by atoms with Gasteiger partial charge in [-0.15, -0.1) is 12.3 Å². The van der Waals surface area contributed by atoms with Gasteiger partial charge in [0.25, 0.3) is 0 Å². The summed E-state index contributed by atoms with van der Waals surface area (Å²) in [5.74, 6) is 2.55. The van der Waals surface area contributed by atoms with E-state index in [0.29, 0.717) is 12.8 Å². The van der Waals surface area contributed by atoms with Crippen molar-refractivity contribution in [1.82, 2.24) is 5.32 Å². The Hall–Kier alpha value is -1.75. The number of carbonyl (C=O) groups is 1. The molecule has 1 aromatic rings. The van der Waals surface area contributed by atoms with Crippen molar-refractivity contribution < 1.29 is 4.79 Å². The van der Waals surface area contributed by atoms with Gasteiger partial charge in [-0.1, -0.05) is 29.8 Å². The van der Waals surface area contributed by atoms with E-state index >= 15 is 0 Å². The largest absolute Gasteiger partial charge is 0.352 e. The second-order valence-corrected chi connectivity index (χ2v) is 4.04. The van der Waals surface area contributed by atoms with E-state index in [1.54, 1.807) is 0 Å². The predicted octanol–water partition coefficient (Wildman–Crippen LogP) is 2.07. The van der Waals surface area contributed by atoms with Crippen LogP contribution in [0.2, 0.25) is 0 Å². The van der Waals surface area contributed by atoms with Crippen LogP contribution >= 0.6 is 0 Å². The third kappa shape index (κ3) is 4.18. The summed E-state index contributed by atoms with van der Waals surface area (Å²) in [5.41, 5.74) is 2.22. The predicted molar refractivity (Wildman–Crippen MR) is 65.9 cm³/mol. The second kappa shape index (κ2) is 5.97. The molecule has 1 N–H and O–H groups in total. The van der Waals surface area contributed by atoms with Crippen LogP contribution < -0.4 is 5.32 Å². The Kier molecular flexibility index (Phi) is 4.60. The highest BCUT2D eigenvalue weighted by Gasteiger charge is 2.06. The van der Waals surface area contributed by atoms with Crippen LogP contribution in [0, 0.1) is 19.3 Å². The van der Waals surface area contributed by atoms with Crippen LogP contribution in [0.4, 0.5) is 0 Å². The molecule has 1 unspecified atom stereocenters. The lowest BCUT2D eigenvalue weighted by Crippen LogP contribution is -2.33. The Balaban J connectivity index is 2.46. The molecule has 0 radical (unpaired) electrons. The summed E-state index contributed by atoms with van der Waals surface area (Å²) in [4.78, 5) is 11.6. The topological polar surface area (TPSA) is 29.1 Å². The van der Waals surface area contributed by atoms with E-state index in [2.05, 4.69) is 11.2 Å². The molecule has 0 bridgehead atoms. The fourth-order valence-electron chi connectivity index (χ4n) is 1.44. The van der Waals surface area contributed by atoms with Crippen LogP contribution in [0.5, 0.6) is 0 Å². The fraction of sp³-hybridized carbons (Fsp3) is 0.357. The zero-order chi connectivity index (χ0) is 12.0. The molecule has 2 heteroatoms. The highest BCUT2D eigenvalue weighted by atomic mass is 16.1. The zero-order valence-corrected chi connectivity index (χ0v) is 9.79. The van der Waals surface area contributed by atoms with Gasteiger partial charge in [-0.3, -0.25) is 4.79 Å². The number of benzene rings is 1. The van der Waals surface area contributed by atoms with Crippen molar-refractivity contribution in [2.75, 3.05) is 0 Å². The molecule has 0 saturated heterocycles. The van der Waals surface area contributed by atoms with Crippen molar-refractivity contribution in [2.45, 2.75) is 32.7 Å². The Morgan fingerprint density at radius 1 is 1.44 bits per heavy atom. The minimum absolute atomic E-state index is 0.0200. The lowest BCUT2D eigenvalue weighted by atomic mass is 10.1. The molecule has 16 heavy (non-hydrogen) atoms. The second-order valence-electron chi connectivity index (χ2n) is 4.04. The number of hydrogen-bond acceptors (Lipinski definition) is 1. The normalized spacial score (nSPS) is 11.6. The average Bonchev–Trinajstić information content (AvgIpc) is 2.21. The molecule has 0 aliphatic rings. The molecule has 0 saturated carbocycles. The molecule has 0 aromatic heterocycles. The maximum Gasteiger partial charge on any atom is 0.224 e. The molecule has 0 spiro atoms. The van der Waals surface area contributed by atoms with Gasteiger partial charge < -0.3 is 5.32 Å². The van der Waals surface area contributed by atoms with Crippen LogP contribution in [0.15, 0.2) is 24.3 Å². The third-order valence-corrected chi connectivity index (χ3v) is 2.32. The van der Waals surface area contributed by atoms with Crippen LogP contribution in [0.25, 0.3) is 0 Å². The molecule has 0 heterocycles. The summed E-state index contributed by atoms with van der Waals surface area (Å²) in [5, 5.41) is 2.86. The summed E-state index contributed by atoms with van der Waals surface area (Å²) >= 11 is 0. The fourth-order valence-corrected chi connectivity index (χ4v) is 1.44. The molecule has 2 nitrogen and oxygen atoms in total.